The third kappa shape index (κ3) is 5.52. The molecule has 0 bridgehead atoms. The first kappa shape index (κ1) is 23.0. The van der Waals surface area contributed by atoms with E-state index in [-0.39, 0.29) is 5.91 Å². The molecule has 0 fully saturated rings. The first-order chi connectivity index (χ1) is 15.4. The van der Waals surface area contributed by atoms with Gasteiger partial charge in [-0.1, -0.05) is 42.5 Å². The maximum Gasteiger partial charge on any atom is 0.254 e. The number of amides is 1. The minimum Gasteiger partial charge on any atom is -0.493 e. The normalized spacial score (nSPS) is 10.4. The van der Waals surface area contributed by atoms with Gasteiger partial charge in [-0.25, -0.2) is 0 Å². The number of anilines is 1. The molecule has 0 atom stereocenters. The summed E-state index contributed by atoms with van der Waals surface area (Å²) < 4.78 is 17.0. The van der Waals surface area contributed by atoms with Crippen molar-refractivity contribution in [3.63, 3.8) is 0 Å². The second-order valence-electron chi connectivity index (χ2n) is 7.71. The van der Waals surface area contributed by atoms with Gasteiger partial charge >= 0.3 is 0 Å². The van der Waals surface area contributed by atoms with Crippen LogP contribution in [-0.2, 0) is 13.2 Å². The molecule has 1 amide bonds. The van der Waals surface area contributed by atoms with Crippen molar-refractivity contribution in [1.82, 2.24) is 4.90 Å². The van der Waals surface area contributed by atoms with Crippen LogP contribution in [0.15, 0.2) is 66.7 Å². The third-order valence-electron chi connectivity index (χ3n) is 5.15. The molecule has 168 valence electrons. The Kier molecular flexibility index (Phi) is 7.60. The Balaban J connectivity index is 1.78. The van der Waals surface area contributed by atoms with Gasteiger partial charge in [-0.15, -0.1) is 0 Å². The van der Waals surface area contributed by atoms with E-state index < -0.39 is 0 Å². The van der Waals surface area contributed by atoms with Crippen molar-refractivity contribution in [2.75, 3.05) is 40.3 Å². The molecule has 0 radical (unpaired) electrons. The fourth-order valence-electron chi connectivity index (χ4n) is 3.34. The van der Waals surface area contributed by atoms with E-state index in [2.05, 4.69) is 0 Å². The zero-order valence-corrected chi connectivity index (χ0v) is 19.3. The predicted octanol–water partition coefficient (Wildman–Crippen LogP) is 4.62. The highest BCUT2D eigenvalue weighted by Gasteiger charge is 2.20. The number of hydrogen-bond donors (Lipinski definition) is 0. The van der Waals surface area contributed by atoms with Crippen LogP contribution >= 0.6 is 0 Å². The third-order valence-corrected chi connectivity index (χ3v) is 5.15. The van der Waals surface area contributed by atoms with E-state index in [1.165, 1.54) is 0 Å². The van der Waals surface area contributed by atoms with Gasteiger partial charge < -0.3 is 24.0 Å². The number of benzene rings is 3. The number of nitrogens with zero attached hydrogens (tertiary/aromatic N) is 2. The van der Waals surface area contributed by atoms with E-state index in [4.69, 9.17) is 14.2 Å². The lowest BCUT2D eigenvalue weighted by atomic mass is 10.1. The van der Waals surface area contributed by atoms with Gasteiger partial charge in [0.1, 0.15) is 6.61 Å². The van der Waals surface area contributed by atoms with Gasteiger partial charge in [-0.3, -0.25) is 4.79 Å². The Labute approximate surface area is 189 Å². The molecule has 0 aliphatic heterocycles. The standard InChI is InChI=1S/C26H30N2O4/c1-27(2)22-13-11-19(12-14-22)17-28(3)26(29)21-15-23(30-4)25(24(16-21)31-5)32-18-20-9-7-6-8-10-20/h6-16H,17-18H2,1-5H3. The summed E-state index contributed by atoms with van der Waals surface area (Å²) >= 11 is 0. The Bertz CT molecular complexity index is 1010. The van der Waals surface area contributed by atoms with Gasteiger partial charge in [-0.05, 0) is 35.4 Å². The second-order valence-corrected chi connectivity index (χ2v) is 7.71. The maximum absolute atomic E-state index is 13.1. The topological polar surface area (TPSA) is 51.2 Å². The SMILES string of the molecule is COc1cc(C(=O)N(C)Cc2ccc(N(C)C)cc2)cc(OC)c1OCc1ccccc1. The highest BCUT2D eigenvalue weighted by Crippen LogP contribution is 2.39. The molecule has 6 heteroatoms. The summed E-state index contributed by atoms with van der Waals surface area (Å²) in [5.41, 5.74) is 3.66. The van der Waals surface area contributed by atoms with Gasteiger partial charge in [0.15, 0.2) is 11.5 Å². The van der Waals surface area contributed by atoms with Crippen LogP contribution in [0.2, 0.25) is 0 Å². The van der Waals surface area contributed by atoms with Crippen molar-refractivity contribution in [3.05, 3.63) is 83.4 Å². The summed E-state index contributed by atoms with van der Waals surface area (Å²) in [5, 5.41) is 0. The quantitative estimate of drug-likeness (QED) is 0.492. The van der Waals surface area contributed by atoms with Crippen LogP contribution in [-0.4, -0.2) is 46.2 Å². The number of rotatable bonds is 9. The molecule has 3 aromatic carbocycles. The minimum absolute atomic E-state index is 0.132. The van der Waals surface area contributed by atoms with E-state index in [0.717, 1.165) is 16.8 Å². The molecule has 6 nitrogen and oxygen atoms in total. The van der Waals surface area contributed by atoms with Crippen molar-refractivity contribution in [2.24, 2.45) is 0 Å². The van der Waals surface area contributed by atoms with Crippen LogP contribution in [0.25, 0.3) is 0 Å². The summed E-state index contributed by atoms with van der Waals surface area (Å²) in [6.45, 7) is 0.854. The zero-order chi connectivity index (χ0) is 23.1. The molecule has 0 saturated carbocycles. The van der Waals surface area contributed by atoms with Crippen molar-refractivity contribution >= 4 is 11.6 Å². The molecule has 3 aromatic rings. The van der Waals surface area contributed by atoms with Crippen molar-refractivity contribution < 1.29 is 19.0 Å². The van der Waals surface area contributed by atoms with Crippen LogP contribution in [0.3, 0.4) is 0 Å². The lowest BCUT2D eigenvalue weighted by Gasteiger charge is -2.20. The predicted molar refractivity (Wildman–Crippen MR) is 127 cm³/mol. The van der Waals surface area contributed by atoms with Gasteiger partial charge in [-0.2, -0.15) is 0 Å². The van der Waals surface area contributed by atoms with Crippen molar-refractivity contribution in [1.29, 1.82) is 0 Å². The summed E-state index contributed by atoms with van der Waals surface area (Å²) in [7, 11) is 8.88. The smallest absolute Gasteiger partial charge is 0.254 e. The number of carbonyl (C=O) groups is 1. The van der Waals surface area contributed by atoms with Gasteiger partial charge in [0.05, 0.1) is 14.2 Å². The average molecular weight is 435 g/mol. The zero-order valence-electron chi connectivity index (χ0n) is 19.3. The highest BCUT2D eigenvalue weighted by atomic mass is 16.5. The van der Waals surface area contributed by atoms with Crippen LogP contribution in [0.4, 0.5) is 5.69 Å². The maximum atomic E-state index is 13.1. The van der Waals surface area contributed by atoms with Crippen LogP contribution in [0, 0.1) is 0 Å². The Morgan fingerprint density at radius 2 is 1.41 bits per heavy atom. The minimum atomic E-state index is -0.132. The molecule has 0 unspecified atom stereocenters. The Morgan fingerprint density at radius 3 is 1.94 bits per heavy atom. The van der Waals surface area contributed by atoms with Crippen LogP contribution in [0.1, 0.15) is 21.5 Å². The molecule has 0 aliphatic rings. The summed E-state index contributed by atoms with van der Waals surface area (Å²) in [5.74, 6) is 1.24. The molecule has 0 spiro atoms. The first-order valence-corrected chi connectivity index (χ1v) is 10.4. The van der Waals surface area contributed by atoms with E-state index in [1.807, 2.05) is 73.6 Å². The molecular formula is C26H30N2O4. The van der Waals surface area contributed by atoms with Gasteiger partial charge in [0.2, 0.25) is 5.75 Å². The average Bonchev–Trinajstić information content (AvgIpc) is 2.82. The second kappa shape index (κ2) is 10.6. The number of hydrogen-bond acceptors (Lipinski definition) is 5. The van der Waals surface area contributed by atoms with Crippen LogP contribution in [0.5, 0.6) is 17.2 Å². The molecule has 0 N–H and O–H groups in total. The summed E-state index contributed by atoms with van der Waals surface area (Å²) in [6, 6.07) is 21.4. The first-order valence-electron chi connectivity index (χ1n) is 10.4. The molecule has 0 aliphatic carbocycles. The van der Waals surface area contributed by atoms with E-state index in [9.17, 15) is 4.79 Å². The van der Waals surface area contributed by atoms with E-state index >= 15 is 0 Å². The Morgan fingerprint density at radius 1 is 0.812 bits per heavy atom. The largest absolute Gasteiger partial charge is 0.493 e. The summed E-state index contributed by atoms with van der Waals surface area (Å²) in [4.78, 5) is 16.8. The van der Waals surface area contributed by atoms with Crippen LogP contribution < -0.4 is 19.1 Å². The van der Waals surface area contributed by atoms with Crippen molar-refractivity contribution in [3.8, 4) is 17.2 Å². The molecular weight excluding hydrogens is 404 g/mol. The molecule has 0 saturated heterocycles. The summed E-state index contributed by atoms with van der Waals surface area (Å²) in [6.07, 6.45) is 0. The van der Waals surface area contributed by atoms with Gasteiger partial charge in [0, 0.05) is 38.9 Å². The van der Waals surface area contributed by atoms with E-state index in [1.54, 1.807) is 38.3 Å². The fraction of sp³-hybridized carbons (Fsp3) is 0.269. The Hall–Kier alpha value is -3.67. The highest BCUT2D eigenvalue weighted by molar-refractivity contribution is 5.95. The number of methoxy groups -OCH3 is 2. The molecule has 32 heavy (non-hydrogen) atoms. The number of ether oxygens (including phenoxy) is 3. The molecule has 3 rings (SSSR count). The monoisotopic (exact) mass is 434 g/mol. The fourth-order valence-corrected chi connectivity index (χ4v) is 3.34. The lowest BCUT2D eigenvalue weighted by molar-refractivity contribution is 0.0784. The molecule has 0 aromatic heterocycles. The lowest BCUT2D eigenvalue weighted by Crippen LogP contribution is -2.26. The van der Waals surface area contributed by atoms with E-state index in [0.29, 0.717) is 36.0 Å². The van der Waals surface area contributed by atoms with Crippen molar-refractivity contribution in [2.45, 2.75) is 13.2 Å². The van der Waals surface area contributed by atoms with Gasteiger partial charge in [0.25, 0.3) is 5.91 Å². The molecule has 0 heterocycles. The number of carbonyl (C=O) groups excluding carboxylic acids is 1.